The third-order valence-electron chi connectivity index (χ3n) is 7.49. The van der Waals surface area contributed by atoms with Crippen molar-refractivity contribution in [3.05, 3.63) is 63.9 Å². The maximum Gasteiger partial charge on any atom is 0.265 e. The number of aromatic nitrogens is 2. The SMILES string of the molecule is CN1CN(c2c(Cl)cccc2Cl)C(=O)c2cnc(NC3=CCC(C)(N4CC5CC4CN5)C=C3)nc21. The van der Waals surface area contributed by atoms with E-state index < -0.39 is 0 Å². The summed E-state index contributed by atoms with van der Waals surface area (Å²) in [4.78, 5) is 28.4. The third kappa shape index (κ3) is 3.89. The molecule has 2 N–H and O–H groups in total. The van der Waals surface area contributed by atoms with Gasteiger partial charge in [-0.2, -0.15) is 4.98 Å². The van der Waals surface area contributed by atoms with Crippen molar-refractivity contribution in [1.82, 2.24) is 20.2 Å². The number of benzene rings is 1. The van der Waals surface area contributed by atoms with Crippen LogP contribution < -0.4 is 20.4 Å². The lowest BCUT2D eigenvalue weighted by Crippen LogP contribution is -2.54. The van der Waals surface area contributed by atoms with Gasteiger partial charge in [0.1, 0.15) is 11.4 Å². The molecule has 2 fully saturated rings. The monoisotopic (exact) mass is 511 g/mol. The summed E-state index contributed by atoms with van der Waals surface area (Å²) in [7, 11) is 1.88. The Morgan fingerprint density at radius 2 is 2.06 bits per heavy atom. The summed E-state index contributed by atoms with van der Waals surface area (Å²) in [6.45, 7) is 4.77. The molecule has 1 aromatic carbocycles. The second kappa shape index (κ2) is 8.48. The molecule has 2 bridgehead atoms. The van der Waals surface area contributed by atoms with Gasteiger partial charge in [-0.25, -0.2) is 4.98 Å². The molecule has 1 aliphatic carbocycles. The summed E-state index contributed by atoms with van der Waals surface area (Å²) < 4.78 is 0. The number of rotatable bonds is 4. The van der Waals surface area contributed by atoms with Crippen LogP contribution >= 0.6 is 23.2 Å². The van der Waals surface area contributed by atoms with Crippen LogP contribution in [0.3, 0.4) is 0 Å². The van der Waals surface area contributed by atoms with Gasteiger partial charge in [-0.3, -0.25) is 14.6 Å². The lowest BCUT2D eigenvalue weighted by atomic mass is 9.89. The molecule has 0 saturated carbocycles. The number of amides is 1. The molecule has 10 heteroatoms. The number of fused-ring (bicyclic) bond motifs is 3. The van der Waals surface area contributed by atoms with Gasteiger partial charge < -0.3 is 15.5 Å². The van der Waals surface area contributed by atoms with Gasteiger partial charge in [0.15, 0.2) is 0 Å². The highest BCUT2D eigenvalue weighted by Gasteiger charge is 2.45. The molecule has 35 heavy (non-hydrogen) atoms. The van der Waals surface area contributed by atoms with Crippen LogP contribution in [-0.4, -0.2) is 65.2 Å². The molecule has 1 aromatic heterocycles. The summed E-state index contributed by atoms with van der Waals surface area (Å²) in [6.07, 6.45) is 10.3. The van der Waals surface area contributed by atoms with Crippen molar-refractivity contribution < 1.29 is 4.79 Å². The normalized spacial score (nSPS) is 27.9. The van der Waals surface area contributed by atoms with E-state index in [1.54, 1.807) is 29.3 Å². The fourth-order valence-corrected chi connectivity index (χ4v) is 6.23. The number of nitrogens with zero attached hydrogens (tertiary/aromatic N) is 5. The topological polar surface area (TPSA) is 76.6 Å². The molecule has 1 amide bonds. The molecule has 182 valence electrons. The Hall–Kier alpha value is -2.65. The second-order valence-corrected chi connectivity index (χ2v) is 10.7. The molecule has 0 radical (unpaired) electrons. The average Bonchev–Trinajstić information content (AvgIpc) is 3.48. The van der Waals surface area contributed by atoms with E-state index in [1.807, 2.05) is 11.9 Å². The van der Waals surface area contributed by atoms with Crippen LogP contribution in [-0.2, 0) is 0 Å². The minimum Gasteiger partial charge on any atom is -0.341 e. The number of para-hydroxylation sites is 1. The molecule has 4 aliphatic rings. The highest BCUT2D eigenvalue weighted by molar-refractivity contribution is 6.40. The number of piperazine rings is 1. The number of nitrogens with one attached hydrogen (secondary N) is 2. The van der Waals surface area contributed by atoms with Crippen molar-refractivity contribution in [1.29, 1.82) is 0 Å². The van der Waals surface area contributed by atoms with E-state index in [0.29, 0.717) is 45.1 Å². The molecular weight excluding hydrogens is 485 g/mol. The number of allylic oxidation sites excluding steroid dienone is 1. The lowest BCUT2D eigenvalue weighted by Gasteiger charge is -2.43. The second-order valence-electron chi connectivity index (χ2n) is 9.90. The van der Waals surface area contributed by atoms with Crippen LogP contribution in [0.15, 0.2) is 48.3 Å². The molecule has 3 unspecified atom stereocenters. The quantitative estimate of drug-likeness (QED) is 0.644. The maximum absolute atomic E-state index is 13.3. The predicted octanol–water partition coefficient (Wildman–Crippen LogP) is 3.90. The Morgan fingerprint density at radius 1 is 1.26 bits per heavy atom. The van der Waals surface area contributed by atoms with Gasteiger partial charge in [-0.05, 0) is 38.0 Å². The van der Waals surface area contributed by atoms with Crippen molar-refractivity contribution in [3.8, 4) is 0 Å². The van der Waals surface area contributed by atoms with Crippen LogP contribution in [0.4, 0.5) is 17.5 Å². The zero-order valence-electron chi connectivity index (χ0n) is 19.6. The van der Waals surface area contributed by atoms with Gasteiger partial charge in [-0.1, -0.05) is 41.4 Å². The number of halogens is 2. The standard InChI is InChI=1S/C25H27Cl2N7O/c1-25(34-13-16-10-17(34)11-28-16)8-6-15(7-9-25)30-24-29-12-18-22(31-24)32(2)14-33(23(18)35)21-19(26)4-3-5-20(21)27/h3-8,12,16-17,28H,9-11,13-14H2,1-2H3,(H,29,30,31). The summed E-state index contributed by atoms with van der Waals surface area (Å²) in [5, 5.41) is 7.73. The van der Waals surface area contributed by atoms with Crippen LogP contribution in [0.2, 0.25) is 10.0 Å². The number of anilines is 3. The number of likely N-dealkylation sites (tertiary alicyclic amines) is 1. The van der Waals surface area contributed by atoms with E-state index in [0.717, 1.165) is 25.2 Å². The summed E-state index contributed by atoms with van der Waals surface area (Å²) in [5.41, 5.74) is 1.88. The van der Waals surface area contributed by atoms with Gasteiger partial charge in [0.25, 0.3) is 5.91 Å². The first-order chi connectivity index (χ1) is 16.8. The van der Waals surface area contributed by atoms with Crippen molar-refractivity contribution in [2.24, 2.45) is 0 Å². The molecule has 4 heterocycles. The predicted molar refractivity (Wildman–Crippen MR) is 139 cm³/mol. The van der Waals surface area contributed by atoms with Crippen LogP contribution in [0, 0.1) is 0 Å². The van der Waals surface area contributed by atoms with Crippen molar-refractivity contribution in [2.45, 2.75) is 37.4 Å². The Morgan fingerprint density at radius 3 is 2.71 bits per heavy atom. The number of hydrogen-bond donors (Lipinski definition) is 2. The van der Waals surface area contributed by atoms with Crippen LogP contribution in [0.25, 0.3) is 0 Å². The molecule has 3 aliphatic heterocycles. The Balaban J connectivity index is 1.19. The van der Waals surface area contributed by atoms with E-state index in [1.165, 1.54) is 6.42 Å². The van der Waals surface area contributed by atoms with Crippen LogP contribution in [0.1, 0.15) is 30.1 Å². The molecule has 0 spiro atoms. The molecule has 6 rings (SSSR count). The first-order valence-corrected chi connectivity index (χ1v) is 12.6. The molecule has 2 saturated heterocycles. The third-order valence-corrected chi connectivity index (χ3v) is 8.10. The number of carbonyl (C=O) groups is 1. The van der Waals surface area contributed by atoms with E-state index in [2.05, 4.69) is 50.7 Å². The fourth-order valence-electron chi connectivity index (χ4n) is 5.63. The highest BCUT2D eigenvalue weighted by atomic mass is 35.5. The van der Waals surface area contributed by atoms with Gasteiger partial charge in [0, 0.05) is 49.7 Å². The summed E-state index contributed by atoms with van der Waals surface area (Å²) in [5.74, 6) is 0.788. The van der Waals surface area contributed by atoms with Crippen molar-refractivity contribution in [3.63, 3.8) is 0 Å². The van der Waals surface area contributed by atoms with Gasteiger partial charge in [0.2, 0.25) is 5.95 Å². The average molecular weight is 512 g/mol. The maximum atomic E-state index is 13.3. The lowest BCUT2D eigenvalue weighted by molar-refractivity contribution is 0.0982. The Labute approximate surface area is 214 Å². The van der Waals surface area contributed by atoms with Crippen LogP contribution in [0.5, 0.6) is 0 Å². The van der Waals surface area contributed by atoms with Crippen molar-refractivity contribution in [2.75, 3.05) is 41.9 Å². The Bertz CT molecular complexity index is 1240. The largest absolute Gasteiger partial charge is 0.341 e. The van der Waals surface area contributed by atoms with Gasteiger partial charge >= 0.3 is 0 Å². The first kappa shape index (κ1) is 22.8. The van der Waals surface area contributed by atoms with Gasteiger partial charge in [0.05, 0.1) is 22.4 Å². The van der Waals surface area contributed by atoms with E-state index >= 15 is 0 Å². The molecular formula is C25H27Cl2N7O. The molecule has 2 aromatic rings. The highest BCUT2D eigenvalue weighted by Crippen LogP contribution is 2.38. The number of hydrogen-bond acceptors (Lipinski definition) is 7. The van der Waals surface area contributed by atoms with E-state index in [4.69, 9.17) is 23.2 Å². The van der Waals surface area contributed by atoms with E-state index in [9.17, 15) is 4.79 Å². The summed E-state index contributed by atoms with van der Waals surface area (Å²) >= 11 is 12.7. The Kier molecular flexibility index (Phi) is 5.52. The minimum atomic E-state index is -0.235. The molecule has 3 atom stereocenters. The zero-order valence-corrected chi connectivity index (χ0v) is 21.1. The number of carbonyl (C=O) groups excluding carboxylic acids is 1. The van der Waals surface area contributed by atoms with Gasteiger partial charge in [-0.15, -0.1) is 0 Å². The summed E-state index contributed by atoms with van der Waals surface area (Å²) in [6, 6.07) is 6.44. The molecule has 8 nitrogen and oxygen atoms in total. The van der Waals surface area contributed by atoms with E-state index in [-0.39, 0.29) is 18.1 Å². The zero-order chi connectivity index (χ0) is 24.3. The fraction of sp³-hybridized carbons (Fsp3) is 0.400. The smallest absolute Gasteiger partial charge is 0.265 e. The van der Waals surface area contributed by atoms with Crippen molar-refractivity contribution >= 4 is 46.6 Å². The first-order valence-electron chi connectivity index (χ1n) is 11.8. The minimum absolute atomic E-state index is 0.0273.